The van der Waals surface area contributed by atoms with Crippen LogP contribution in [0.25, 0.3) is 0 Å². The second kappa shape index (κ2) is 7.42. The largest absolute Gasteiger partial charge is 0.268 e. The quantitative estimate of drug-likeness (QED) is 0.772. The van der Waals surface area contributed by atoms with Crippen LogP contribution in [-0.2, 0) is 9.84 Å². The summed E-state index contributed by atoms with van der Waals surface area (Å²) in [5, 5.41) is 1.20. The van der Waals surface area contributed by atoms with Crippen LogP contribution < -0.4 is 4.90 Å². The number of sulfone groups is 1. The van der Waals surface area contributed by atoms with Crippen LogP contribution in [0.2, 0.25) is 5.02 Å². The number of hydrogen-bond donors (Lipinski definition) is 0. The topological polar surface area (TPSA) is 66.8 Å². The van der Waals surface area contributed by atoms with Crippen LogP contribution in [0.1, 0.15) is 17.3 Å². The normalized spacial score (nSPS) is 17.0. The first kappa shape index (κ1) is 18.9. The summed E-state index contributed by atoms with van der Waals surface area (Å²) in [7, 11) is -3.31. The third-order valence-corrected chi connectivity index (χ3v) is 6.37. The van der Waals surface area contributed by atoms with Gasteiger partial charge >= 0.3 is 0 Å². The minimum Gasteiger partial charge on any atom is -0.268 e. The zero-order valence-electron chi connectivity index (χ0n) is 14.2. The molecule has 0 fully saturated rings. The summed E-state index contributed by atoms with van der Waals surface area (Å²) in [6, 6.07) is 13.0. The van der Waals surface area contributed by atoms with Crippen LogP contribution in [0.3, 0.4) is 0 Å². The van der Waals surface area contributed by atoms with E-state index in [9.17, 15) is 13.2 Å². The van der Waals surface area contributed by atoms with Crippen molar-refractivity contribution in [2.45, 2.75) is 17.9 Å². The molecule has 0 aliphatic carbocycles. The molecule has 2 aromatic carbocycles. The molecule has 0 saturated carbocycles. The van der Waals surface area contributed by atoms with Gasteiger partial charge in [0.05, 0.1) is 16.6 Å². The smallest absolute Gasteiger partial charge is 0.264 e. The number of halogens is 1. The van der Waals surface area contributed by atoms with E-state index in [0.717, 1.165) is 12.0 Å². The highest BCUT2D eigenvalue weighted by Crippen LogP contribution is 2.28. The molecule has 1 heterocycles. The Morgan fingerprint density at radius 2 is 1.77 bits per heavy atom. The first-order chi connectivity index (χ1) is 12.3. The maximum absolute atomic E-state index is 13.1. The molecular formula is C18H17ClN2O3S2. The Kier molecular flexibility index (Phi) is 5.41. The molecule has 1 aliphatic rings. The number of benzene rings is 2. The van der Waals surface area contributed by atoms with Crippen LogP contribution >= 0.6 is 23.4 Å². The highest BCUT2D eigenvalue weighted by Gasteiger charge is 2.27. The van der Waals surface area contributed by atoms with Gasteiger partial charge in [-0.3, -0.25) is 14.7 Å². The molecule has 26 heavy (non-hydrogen) atoms. The lowest BCUT2D eigenvalue weighted by molar-refractivity contribution is 0.100. The molecular weight excluding hydrogens is 392 g/mol. The van der Waals surface area contributed by atoms with Crippen molar-refractivity contribution < 1.29 is 13.2 Å². The zero-order valence-corrected chi connectivity index (χ0v) is 16.6. The van der Waals surface area contributed by atoms with E-state index in [4.69, 9.17) is 11.6 Å². The number of carbonyl (C=O) groups is 1. The van der Waals surface area contributed by atoms with Gasteiger partial charge in [-0.15, -0.1) is 0 Å². The zero-order chi connectivity index (χ0) is 18.9. The highest BCUT2D eigenvalue weighted by molar-refractivity contribution is 8.14. The molecule has 0 unspecified atom stereocenters. The molecule has 1 amide bonds. The van der Waals surface area contributed by atoms with E-state index in [-0.39, 0.29) is 16.8 Å². The van der Waals surface area contributed by atoms with Gasteiger partial charge in [0.25, 0.3) is 5.91 Å². The molecule has 0 spiro atoms. The number of thioether (sulfide) groups is 1. The average molecular weight is 409 g/mol. The van der Waals surface area contributed by atoms with Gasteiger partial charge in [-0.1, -0.05) is 23.4 Å². The van der Waals surface area contributed by atoms with E-state index >= 15 is 0 Å². The molecule has 0 radical (unpaired) electrons. The summed E-state index contributed by atoms with van der Waals surface area (Å²) in [6.07, 6.45) is 1.13. The van der Waals surface area contributed by atoms with Crippen molar-refractivity contribution in [3.05, 3.63) is 59.1 Å². The average Bonchev–Trinajstić information content (AvgIpc) is 3.02. The van der Waals surface area contributed by atoms with E-state index in [1.807, 2.05) is 6.92 Å². The highest BCUT2D eigenvalue weighted by atomic mass is 35.5. The molecule has 0 N–H and O–H groups in total. The lowest BCUT2D eigenvalue weighted by atomic mass is 10.2. The van der Waals surface area contributed by atoms with Gasteiger partial charge in [0.1, 0.15) is 0 Å². The Balaban J connectivity index is 2.00. The number of hydrogen-bond acceptors (Lipinski definition) is 5. The van der Waals surface area contributed by atoms with Gasteiger partial charge in [0, 0.05) is 22.6 Å². The molecule has 0 aromatic heterocycles. The fourth-order valence-electron chi connectivity index (χ4n) is 2.46. The van der Waals surface area contributed by atoms with Crippen LogP contribution in [-0.4, -0.2) is 37.5 Å². The molecule has 1 aliphatic heterocycles. The van der Waals surface area contributed by atoms with E-state index in [1.165, 1.54) is 36.0 Å². The van der Waals surface area contributed by atoms with Crippen molar-refractivity contribution in [2.75, 3.05) is 16.9 Å². The maximum Gasteiger partial charge on any atom is 0.264 e. The van der Waals surface area contributed by atoms with Crippen LogP contribution in [0.4, 0.5) is 5.69 Å². The fraction of sp³-hybridized carbons (Fsp3) is 0.222. The number of rotatable bonds is 3. The number of anilines is 1. The molecule has 8 heteroatoms. The van der Waals surface area contributed by atoms with Gasteiger partial charge in [0.2, 0.25) is 0 Å². The van der Waals surface area contributed by atoms with Crippen molar-refractivity contribution in [3.63, 3.8) is 0 Å². The van der Waals surface area contributed by atoms with Gasteiger partial charge < -0.3 is 0 Å². The van der Waals surface area contributed by atoms with Gasteiger partial charge in [-0.2, -0.15) is 0 Å². The molecule has 136 valence electrons. The summed E-state index contributed by atoms with van der Waals surface area (Å²) in [5.74, 6) is 0.535. The Bertz CT molecular complexity index is 955. The van der Waals surface area contributed by atoms with Gasteiger partial charge in [-0.05, 0) is 55.5 Å². The van der Waals surface area contributed by atoms with E-state index in [0.29, 0.717) is 21.4 Å². The predicted molar refractivity (Wildman–Crippen MR) is 107 cm³/mol. The van der Waals surface area contributed by atoms with Gasteiger partial charge in [-0.25, -0.2) is 8.42 Å². The monoisotopic (exact) mass is 408 g/mol. The number of nitrogens with zero attached hydrogens (tertiary/aromatic N) is 2. The van der Waals surface area contributed by atoms with Gasteiger partial charge in [0.15, 0.2) is 15.0 Å². The fourth-order valence-corrected chi connectivity index (χ4v) is 4.25. The van der Waals surface area contributed by atoms with Crippen LogP contribution in [0.15, 0.2) is 58.4 Å². The summed E-state index contributed by atoms with van der Waals surface area (Å²) in [6.45, 7) is 1.99. The Labute approximate surface area is 162 Å². The number of amides is 1. The van der Waals surface area contributed by atoms with Crippen molar-refractivity contribution in [1.82, 2.24) is 0 Å². The first-order valence-electron chi connectivity index (χ1n) is 7.86. The summed E-state index contributed by atoms with van der Waals surface area (Å²) in [4.78, 5) is 19.4. The van der Waals surface area contributed by atoms with E-state index in [1.54, 1.807) is 29.2 Å². The first-order valence-corrected chi connectivity index (χ1v) is 11.1. The summed E-state index contributed by atoms with van der Waals surface area (Å²) >= 11 is 7.47. The third-order valence-electron chi connectivity index (χ3n) is 3.79. The van der Waals surface area contributed by atoms with Crippen molar-refractivity contribution in [1.29, 1.82) is 0 Å². The van der Waals surface area contributed by atoms with E-state index in [2.05, 4.69) is 4.99 Å². The SMILES string of the molecule is C[C@H]1CSC(N(C(=O)c2ccc(S(C)(=O)=O)cc2)c2ccc(Cl)cc2)=N1. The Hall–Kier alpha value is -1.83. The van der Waals surface area contributed by atoms with Crippen molar-refractivity contribution in [3.8, 4) is 0 Å². The Morgan fingerprint density at radius 1 is 1.15 bits per heavy atom. The standard InChI is InChI=1S/C18H17ClN2O3S2/c1-12-11-25-18(20-12)21(15-7-5-14(19)6-8-15)17(22)13-3-9-16(10-4-13)26(2,23)24/h3-10,12H,11H2,1-2H3/t12-/m0/s1. The van der Waals surface area contributed by atoms with Crippen molar-refractivity contribution >= 4 is 50.0 Å². The molecule has 0 saturated heterocycles. The van der Waals surface area contributed by atoms with Crippen LogP contribution in [0.5, 0.6) is 0 Å². The number of carbonyl (C=O) groups excluding carboxylic acids is 1. The molecule has 0 bridgehead atoms. The molecule has 5 nitrogen and oxygen atoms in total. The molecule has 1 atom stereocenters. The number of amidine groups is 1. The Morgan fingerprint density at radius 3 is 2.27 bits per heavy atom. The lowest BCUT2D eigenvalue weighted by Crippen LogP contribution is -2.34. The predicted octanol–water partition coefficient (Wildman–Crippen LogP) is 3.88. The summed E-state index contributed by atoms with van der Waals surface area (Å²) < 4.78 is 23.2. The minimum atomic E-state index is -3.31. The minimum absolute atomic E-state index is 0.130. The van der Waals surface area contributed by atoms with E-state index < -0.39 is 9.84 Å². The van der Waals surface area contributed by atoms with Crippen LogP contribution in [0, 0.1) is 0 Å². The maximum atomic E-state index is 13.1. The second-order valence-electron chi connectivity index (χ2n) is 5.99. The molecule has 3 rings (SSSR count). The third kappa shape index (κ3) is 4.11. The van der Waals surface area contributed by atoms with Crippen molar-refractivity contribution in [2.24, 2.45) is 4.99 Å². The lowest BCUT2D eigenvalue weighted by Gasteiger charge is -2.22. The molecule has 2 aromatic rings. The number of aliphatic imine (C=N–C) groups is 1. The second-order valence-corrected chi connectivity index (χ2v) is 9.42. The summed E-state index contributed by atoms with van der Waals surface area (Å²) in [5.41, 5.74) is 1.04.